The number of methoxy groups -OCH3 is 1. The van der Waals surface area contributed by atoms with Gasteiger partial charge in [-0.3, -0.25) is 4.79 Å². The summed E-state index contributed by atoms with van der Waals surface area (Å²) in [6.07, 6.45) is 1.88. The molecule has 1 rings (SSSR count). The minimum atomic E-state index is 0.0133. The van der Waals surface area contributed by atoms with Gasteiger partial charge in [-0.05, 0) is 24.6 Å². The van der Waals surface area contributed by atoms with Gasteiger partial charge in [0.05, 0.1) is 7.11 Å². The standard InChI is InChI=1S/C13H19NO2/c1-4-5-9(2)13(15)11-8-10(16-3)6-7-12(11)14/h6-9H,4-5,14H2,1-3H3. The van der Waals surface area contributed by atoms with Crippen LogP contribution in [-0.4, -0.2) is 12.9 Å². The van der Waals surface area contributed by atoms with Crippen LogP contribution in [0.1, 0.15) is 37.0 Å². The van der Waals surface area contributed by atoms with E-state index in [2.05, 4.69) is 6.92 Å². The second kappa shape index (κ2) is 5.54. The van der Waals surface area contributed by atoms with Crippen molar-refractivity contribution in [2.75, 3.05) is 12.8 Å². The van der Waals surface area contributed by atoms with E-state index in [1.54, 1.807) is 25.3 Å². The highest BCUT2D eigenvalue weighted by molar-refractivity contribution is 6.02. The van der Waals surface area contributed by atoms with Gasteiger partial charge in [0.25, 0.3) is 0 Å². The second-order valence-corrected chi connectivity index (χ2v) is 4.01. The fraction of sp³-hybridized carbons (Fsp3) is 0.462. The van der Waals surface area contributed by atoms with Gasteiger partial charge in [-0.1, -0.05) is 20.3 Å². The Morgan fingerprint density at radius 2 is 2.19 bits per heavy atom. The Balaban J connectivity index is 2.97. The molecule has 1 aromatic carbocycles. The Bertz CT molecular complexity index is 374. The van der Waals surface area contributed by atoms with Crippen LogP contribution in [0.25, 0.3) is 0 Å². The van der Waals surface area contributed by atoms with Crippen molar-refractivity contribution in [3.63, 3.8) is 0 Å². The fourth-order valence-corrected chi connectivity index (χ4v) is 1.71. The number of rotatable bonds is 5. The van der Waals surface area contributed by atoms with Gasteiger partial charge in [-0.15, -0.1) is 0 Å². The van der Waals surface area contributed by atoms with Crippen LogP contribution in [-0.2, 0) is 0 Å². The van der Waals surface area contributed by atoms with E-state index in [9.17, 15) is 4.79 Å². The molecule has 0 aromatic heterocycles. The summed E-state index contributed by atoms with van der Waals surface area (Å²) in [6.45, 7) is 4.00. The van der Waals surface area contributed by atoms with Gasteiger partial charge in [0.15, 0.2) is 5.78 Å². The number of Topliss-reactive ketones (excluding diaryl/α,β-unsaturated/α-hetero) is 1. The summed E-state index contributed by atoms with van der Waals surface area (Å²) < 4.78 is 5.09. The molecule has 0 saturated carbocycles. The lowest BCUT2D eigenvalue weighted by Gasteiger charge is -2.12. The highest BCUT2D eigenvalue weighted by atomic mass is 16.5. The van der Waals surface area contributed by atoms with E-state index in [0.29, 0.717) is 17.0 Å². The largest absolute Gasteiger partial charge is 0.497 e. The van der Waals surface area contributed by atoms with Crippen LogP contribution in [0, 0.1) is 5.92 Å². The number of nitrogens with two attached hydrogens (primary N) is 1. The first-order chi connectivity index (χ1) is 7.60. The molecule has 0 amide bonds. The molecular formula is C13H19NO2. The molecule has 0 aliphatic carbocycles. The molecule has 2 N–H and O–H groups in total. The molecular weight excluding hydrogens is 202 g/mol. The molecule has 0 aliphatic heterocycles. The lowest BCUT2D eigenvalue weighted by atomic mass is 9.94. The molecule has 1 atom stereocenters. The van der Waals surface area contributed by atoms with Crippen molar-refractivity contribution < 1.29 is 9.53 Å². The predicted molar refractivity (Wildman–Crippen MR) is 65.8 cm³/mol. The zero-order valence-electron chi connectivity index (χ0n) is 10.1. The van der Waals surface area contributed by atoms with Gasteiger partial charge in [0, 0.05) is 17.2 Å². The highest BCUT2D eigenvalue weighted by Gasteiger charge is 2.17. The van der Waals surface area contributed by atoms with E-state index in [4.69, 9.17) is 10.5 Å². The highest BCUT2D eigenvalue weighted by Crippen LogP contribution is 2.23. The topological polar surface area (TPSA) is 52.3 Å². The van der Waals surface area contributed by atoms with E-state index in [1.807, 2.05) is 6.92 Å². The summed E-state index contributed by atoms with van der Waals surface area (Å²) in [7, 11) is 1.58. The summed E-state index contributed by atoms with van der Waals surface area (Å²) in [5, 5.41) is 0. The maximum atomic E-state index is 12.1. The Kier molecular flexibility index (Phi) is 4.35. The summed E-state index contributed by atoms with van der Waals surface area (Å²) in [6, 6.07) is 5.19. The molecule has 1 aromatic rings. The normalized spacial score (nSPS) is 12.2. The van der Waals surface area contributed by atoms with Gasteiger partial charge in [-0.2, -0.15) is 0 Å². The molecule has 0 bridgehead atoms. The number of ketones is 1. The Hall–Kier alpha value is -1.51. The fourth-order valence-electron chi connectivity index (χ4n) is 1.71. The minimum Gasteiger partial charge on any atom is -0.497 e. The lowest BCUT2D eigenvalue weighted by molar-refractivity contribution is 0.0924. The zero-order valence-corrected chi connectivity index (χ0v) is 10.1. The van der Waals surface area contributed by atoms with Crippen LogP contribution < -0.4 is 10.5 Å². The minimum absolute atomic E-state index is 0.0133. The Morgan fingerprint density at radius 3 is 2.75 bits per heavy atom. The zero-order chi connectivity index (χ0) is 12.1. The maximum absolute atomic E-state index is 12.1. The molecule has 16 heavy (non-hydrogen) atoms. The van der Waals surface area contributed by atoms with Crippen molar-refractivity contribution in [1.82, 2.24) is 0 Å². The first kappa shape index (κ1) is 12.6. The molecule has 0 heterocycles. The van der Waals surface area contributed by atoms with Gasteiger partial charge in [0.1, 0.15) is 5.75 Å². The Labute approximate surface area is 96.6 Å². The number of carbonyl (C=O) groups is 1. The number of ether oxygens (including phenoxy) is 1. The quantitative estimate of drug-likeness (QED) is 0.614. The lowest BCUT2D eigenvalue weighted by Crippen LogP contribution is -2.13. The van der Waals surface area contributed by atoms with Crippen LogP contribution in [0.5, 0.6) is 5.75 Å². The number of nitrogen functional groups attached to an aromatic ring is 1. The van der Waals surface area contributed by atoms with E-state index < -0.39 is 0 Å². The number of carbonyl (C=O) groups excluding carboxylic acids is 1. The smallest absolute Gasteiger partial charge is 0.167 e. The third kappa shape index (κ3) is 2.75. The van der Waals surface area contributed by atoms with Crippen molar-refractivity contribution in [1.29, 1.82) is 0 Å². The first-order valence-corrected chi connectivity index (χ1v) is 5.57. The predicted octanol–water partition coefficient (Wildman–Crippen LogP) is 2.90. The number of benzene rings is 1. The molecule has 0 fully saturated rings. The molecule has 3 heteroatoms. The molecule has 1 unspecified atom stereocenters. The summed E-state index contributed by atoms with van der Waals surface area (Å²) in [5.74, 6) is 0.777. The van der Waals surface area contributed by atoms with Crippen LogP contribution in [0.4, 0.5) is 5.69 Å². The van der Waals surface area contributed by atoms with Crippen molar-refractivity contribution >= 4 is 11.5 Å². The molecule has 3 nitrogen and oxygen atoms in total. The summed E-state index contributed by atoms with van der Waals surface area (Å²) in [5.41, 5.74) is 6.89. The van der Waals surface area contributed by atoms with E-state index in [0.717, 1.165) is 12.8 Å². The average molecular weight is 221 g/mol. The van der Waals surface area contributed by atoms with Crippen LogP contribution in [0.2, 0.25) is 0 Å². The van der Waals surface area contributed by atoms with Gasteiger partial charge in [0.2, 0.25) is 0 Å². The van der Waals surface area contributed by atoms with Crippen molar-refractivity contribution in [3.05, 3.63) is 23.8 Å². The first-order valence-electron chi connectivity index (χ1n) is 5.57. The van der Waals surface area contributed by atoms with Crippen molar-refractivity contribution in [2.24, 2.45) is 5.92 Å². The van der Waals surface area contributed by atoms with Crippen molar-refractivity contribution in [3.8, 4) is 5.75 Å². The molecule has 0 radical (unpaired) electrons. The van der Waals surface area contributed by atoms with Crippen LogP contribution in [0.15, 0.2) is 18.2 Å². The average Bonchev–Trinajstić information content (AvgIpc) is 2.29. The molecule has 0 aliphatic rings. The van der Waals surface area contributed by atoms with E-state index in [-0.39, 0.29) is 11.7 Å². The van der Waals surface area contributed by atoms with E-state index in [1.165, 1.54) is 0 Å². The Morgan fingerprint density at radius 1 is 1.50 bits per heavy atom. The molecule has 0 spiro atoms. The van der Waals surface area contributed by atoms with Gasteiger partial charge in [-0.25, -0.2) is 0 Å². The molecule has 88 valence electrons. The van der Waals surface area contributed by atoms with Gasteiger partial charge >= 0.3 is 0 Å². The number of hydrogen-bond acceptors (Lipinski definition) is 3. The van der Waals surface area contributed by atoms with E-state index >= 15 is 0 Å². The summed E-state index contributed by atoms with van der Waals surface area (Å²) in [4.78, 5) is 12.1. The molecule has 0 saturated heterocycles. The monoisotopic (exact) mass is 221 g/mol. The number of anilines is 1. The van der Waals surface area contributed by atoms with Crippen molar-refractivity contribution in [2.45, 2.75) is 26.7 Å². The van der Waals surface area contributed by atoms with Gasteiger partial charge < -0.3 is 10.5 Å². The maximum Gasteiger partial charge on any atom is 0.167 e. The summed E-state index contributed by atoms with van der Waals surface area (Å²) >= 11 is 0. The third-order valence-electron chi connectivity index (χ3n) is 2.70. The third-order valence-corrected chi connectivity index (χ3v) is 2.70. The second-order valence-electron chi connectivity index (χ2n) is 4.01. The van der Waals surface area contributed by atoms with Crippen LogP contribution >= 0.6 is 0 Å². The van der Waals surface area contributed by atoms with Crippen LogP contribution in [0.3, 0.4) is 0 Å². The number of hydrogen-bond donors (Lipinski definition) is 1. The SMILES string of the molecule is CCCC(C)C(=O)c1cc(OC)ccc1N.